The van der Waals surface area contributed by atoms with Gasteiger partial charge in [-0.3, -0.25) is 0 Å². The first-order valence-electron chi connectivity index (χ1n) is 9.04. The van der Waals surface area contributed by atoms with E-state index in [1.165, 1.54) is 15.9 Å². The predicted octanol–water partition coefficient (Wildman–Crippen LogP) is 5.73. The molecule has 7 heteroatoms. The summed E-state index contributed by atoms with van der Waals surface area (Å²) in [5.74, 6) is 0. The van der Waals surface area contributed by atoms with Crippen molar-refractivity contribution in [1.82, 2.24) is 0 Å². The fourth-order valence-electron chi connectivity index (χ4n) is 2.50. The molecule has 0 atom stereocenters. The molecule has 1 fully saturated rings. The maximum absolute atomic E-state index is 9.58. The molecule has 0 amide bonds. The Morgan fingerprint density at radius 1 is 0.485 bits per heavy atom. The standard InChI is InChI=1S/C18H15P.C5H5.CF3.2CO.Mo/c1-4-10-16(11-5-1)19(17-12-6-2-7-13-17)18-14-8-3-9-15-18;1-2-4-5-3-1;2-1(3)4;2*1-2;/h1-15H;1-5H;;;;/q;;-1;;;. The van der Waals surface area contributed by atoms with E-state index in [1.54, 1.807) is 0 Å². The first kappa shape index (κ1) is 33.2. The summed E-state index contributed by atoms with van der Waals surface area (Å²) in [5, 5.41) is 4.19. The number of rotatable bonds is 3. The first-order valence-corrected chi connectivity index (χ1v) is 10.4. The predicted molar refractivity (Wildman–Crippen MR) is 121 cm³/mol. The van der Waals surface area contributed by atoms with Crippen molar-refractivity contribution in [2.75, 3.05) is 0 Å². The van der Waals surface area contributed by atoms with Crippen LogP contribution in [0.1, 0.15) is 0 Å². The molecule has 0 heterocycles. The van der Waals surface area contributed by atoms with Crippen LogP contribution in [0.25, 0.3) is 0 Å². The zero-order valence-corrected chi connectivity index (χ0v) is 20.3. The van der Waals surface area contributed by atoms with E-state index in [4.69, 9.17) is 9.30 Å². The van der Waals surface area contributed by atoms with Gasteiger partial charge in [-0.1, -0.05) is 91.0 Å². The molecule has 0 unspecified atom stereocenters. The topological polar surface area (TPSA) is 39.8 Å². The van der Waals surface area contributed by atoms with Crippen molar-refractivity contribution < 1.29 is 43.5 Å². The number of halogens is 3. The normalized spacial score (nSPS) is 10.9. The Bertz CT molecular complexity index is 733. The van der Waals surface area contributed by atoms with Gasteiger partial charge in [0.25, 0.3) is 0 Å². The Morgan fingerprint density at radius 2 is 0.667 bits per heavy atom. The summed E-state index contributed by atoms with van der Waals surface area (Å²) in [5.41, 5.74) is 0. The van der Waals surface area contributed by atoms with Crippen LogP contribution in [0.4, 0.5) is 13.2 Å². The van der Waals surface area contributed by atoms with Crippen LogP contribution < -0.4 is 15.9 Å². The smallest absolute Gasteiger partial charge is 0 e. The van der Waals surface area contributed by atoms with Crippen LogP contribution in [0.5, 0.6) is 0 Å². The minimum atomic E-state index is -3.08. The molecule has 1 aliphatic rings. The van der Waals surface area contributed by atoms with Gasteiger partial charge in [0.2, 0.25) is 0 Å². The van der Waals surface area contributed by atoms with Gasteiger partial charge in [0.15, 0.2) is 6.68 Å². The second-order valence-corrected chi connectivity index (χ2v) is 7.74. The molecule has 169 valence electrons. The number of benzene rings is 3. The van der Waals surface area contributed by atoms with E-state index >= 15 is 0 Å². The van der Waals surface area contributed by atoms with E-state index in [2.05, 4.69) is 104 Å². The molecule has 3 aromatic rings. The van der Waals surface area contributed by atoms with Gasteiger partial charge >= 0.3 is 22.6 Å². The Hall–Kier alpha value is -1.95. The summed E-state index contributed by atoms with van der Waals surface area (Å²) in [4.78, 5) is 0. The minimum Gasteiger partial charge on any atom is -0.0622 e. The van der Waals surface area contributed by atoms with E-state index in [0.29, 0.717) is 0 Å². The fourth-order valence-corrected chi connectivity index (χ4v) is 4.80. The molecule has 0 saturated heterocycles. The van der Waals surface area contributed by atoms with Gasteiger partial charge in [0, 0.05) is 21.1 Å². The van der Waals surface area contributed by atoms with Crippen molar-refractivity contribution in [2.45, 2.75) is 0 Å². The largest absolute Gasteiger partial charge is 0.0622 e. The molecule has 1 aliphatic carbocycles. The molecule has 2 nitrogen and oxygen atoms in total. The van der Waals surface area contributed by atoms with Gasteiger partial charge in [-0.05, 0) is 55.9 Å². The third-order valence-electron chi connectivity index (χ3n) is 3.60. The SMILES string of the molecule is F[C-](F)F.[C-]#[O+].[C-]#[O+].[CH]1[CH][CH][CH][CH]1.[Mo].c1ccc(P(c2ccccc2)c2ccccc2)cc1. The number of hydrogen-bond acceptors (Lipinski definition) is 0. The molecule has 3 aromatic carbocycles. The molecule has 0 N–H and O–H groups in total. The van der Waals surface area contributed by atoms with Crippen LogP contribution in [0.2, 0.25) is 0 Å². The van der Waals surface area contributed by atoms with Crippen LogP contribution >= 0.6 is 7.92 Å². The maximum atomic E-state index is 9.58. The molecule has 33 heavy (non-hydrogen) atoms. The van der Waals surface area contributed by atoms with Gasteiger partial charge in [0.05, 0.1) is 0 Å². The van der Waals surface area contributed by atoms with E-state index < -0.39 is 14.6 Å². The van der Waals surface area contributed by atoms with Gasteiger partial charge in [-0.25, -0.2) is 0 Å². The monoisotopic (exact) mass is 550 g/mol. The van der Waals surface area contributed by atoms with Crippen molar-refractivity contribution in [3.63, 3.8) is 0 Å². The molecule has 0 aromatic heterocycles. The van der Waals surface area contributed by atoms with Crippen LogP contribution in [0.3, 0.4) is 0 Å². The molecular formula is C26H20F3MoO2P-. The molecule has 5 radical (unpaired) electrons. The minimum absolute atomic E-state index is 0. The molecular weight excluding hydrogens is 528 g/mol. The van der Waals surface area contributed by atoms with Gasteiger partial charge in [-0.2, -0.15) is 0 Å². The van der Waals surface area contributed by atoms with Gasteiger partial charge < -0.3 is 13.2 Å². The summed E-state index contributed by atoms with van der Waals surface area (Å²) < 4.78 is 43.8. The van der Waals surface area contributed by atoms with Gasteiger partial charge in [-0.15, -0.1) is 0 Å². The fraction of sp³-hybridized carbons (Fsp3) is 0. The van der Waals surface area contributed by atoms with Gasteiger partial charge in [0.1, 0.15) is 0 Å². The van der Waals surface area contributed by atoms with Crippen LogP contribution in [0.15, 0.2) is 91.0 Å². The Balaban J connectivity index is 0. The summed E-state index contributed by atoms with van der Waals surface area (Å²) in [6.45, 7) is 5.92. The van der Waals surface area contributed by atoms with Crippen molar-refractivity contribution in [3.8, 4) is 0 Å². The first-order chi connectivity index (χ1) is 15.7. The molecule has 0 spiro atoms. The molecule has 0 bridgehead atoms. The molecule has 1 saturated carbocycles. The second kappa shape index (κ2) is 23.2. The third kappa shape index (κ3) is 15.5. The average Bonchev–Trinajstić information content (AvgIpc) is 3.44. The second-order valence-electron chi connectivity index (χ2n) is 5.52. The zero-order valence-electron chi connectivity index (χ0n) is 17.4. The third-order valence-corrected chi connectivity index (χ3v) is 6.04. The van der Waals surface area contributed by atoms with E-state index in [9.17, 15) is 13.2 Å². The van der Waals surface area contributed by atoms with Crippen molar-refractivity contribution in [1.29, 1.82) is 0 Å². The summed E-state index contributed by atoms with van der Waals surface area (Å²) in [6, 6.07) is 32.3. The van der Waals surface area contributed by atoms with Crippen LogP contribution in [-0.2, 0) is 30.4 Å². The van der Waals surface area contributed by atoms with Crippen LogP contribution in [-0.4, -0.2) is 0 Å². The molecule has 0 aliphatic heterocycles. The Kier molecular flexibility index (Phi) is 23.4. The van der Waals surface area contributed by atoms with E-state index in [1.807, 2.05) is 32.1 Å². The van der Waals surface area contributed by atoms with Crippen molar-refractivity contribution >= 4 is 23.8 Å². The Morgan fingerprint density at radius 3 is 0.848 bits per heavy atom. The molecule has 4 rings (SSSR count). The number of hydrogen-bond donors (Lipinski definition) is 0. The maximum Gasteiger partial charge on any atom is 0 e. The zero-order chi connectivity index (χ0) is 24.0. The van der Waals surface area contributed by atoms with Crippen LogP contribution in [0, 0.1) is 52.1 Å². The van der Waals surface area contributed by atoms with Crippen molar-refractivity contribution in [2.24, 2.45) is 0 Å². The average molecular weight is 548 g/mol. The summed E-state index contributed by atoms with van der Waals surface area (Å²) >= 11 is 0. The summed E-state index contributed by atoms with van der Waals surface area (Å²) in [6.07, 6.45) is 10.0. The van der Waals surface area contributed by atoms with E-state index in [0.717, 1.165) is 0 Å². The Labute approximate surface area is 210 Å². The van der Waals surface area contributed by atoms with E-state index in [-0.39, 0.29) is 21.1 Å². The quantitative estimate of drug-likeness (QED) is 0.174. The summed E-state index contributed by atoms with van der Waals surface area (Å²) in [7, 11) is -0.446. The van der Waals surface area contributed by atoms with Crippen molar-refractivity contribution in [3.05, 3.63) is 143 Å².